The molecule has 10 nitrogen and oxygen atoms in total. The fraction of sp³-hybridized carbons (Fsp3) is 0.458. The van der Waals surface area contributed by atoms with Gasteiger partial charge < -0.3 is 19.2 Å². The molecule has 1 N–H and O–H groups in total. The van der Waals surface area contributed by atoms with Crippen LogP contribution in [-0.2, 0) is 27.9 Å². The molecule has 1 unspecified atom stereocenters. The lowest BCUT2D eigenvalue weighted by Crippen LogP contribution is -2.45. The first-order valence-electron chi connectivity index (χ1n) is 11.8. The van der Waals surface area contributed by atoms with Crippen molar-refractivity contribution in [2.45, 2.75) is 56.8 Å². The van der Waals surface area contributed by atoms with Gasteiger partial charge in [-0.2, -0.15) is 26.3 Å². The number of hydrogen-bond acceptors (Lipinski definition) is 9. The predicted octanol–water partition coefficient (Wildman–Crippen LogP) is 6.03. The Bertz CT molecular complexity index is 1360. The molecule has 0 radical (unpaired) electrons. The first-order valence-corrected chi connectivity index (χ1v) is 11.8. The number of halogens is 6. The smallest absolute Gasteiger partial charge is 0.415 e. The molecule has 3 aromatic rings. The molecule has 0 aliphatic carbocycles. The summed E-state index contributed by atoms with van der Waals surface area (Å²) in [7, 11) is 0. The maximum atomic E-state index is 14.7. The average molecular weight is 575 g/mol. The Labute approximate surface area is 222 Å². The Hall–Kier alpha value is -3.79. The van der Waals surface area contributed by atoms with Crippen molar-refractivity contribution in [2.24, 2.45) is 0 Å². The zero-order chi connectivity index (χ0) is 29.3. The van der Waals surface area contributed by atoms with Crippen molar-refractivity contribution in [1.82, 2.24) is 15.2 Å². The standard InChI is InChI=1S/C24H23F6N5O5/c1-21(2)13-38-10-6-9-22(24(28,29)30,39-12-14-7-4-3-5-8-14)20-34-33-19(40-20)17-16(35(36)37)11-15(23(25,26)27)18(31-17)32-21/h3-5,7-8,11H,6,9-10,12-13H2,1-2H3,(H,31,32). The zero-order valence-corrected chi connectivity index (χ0v) is 21.1. The Morgan fingerprint density at radius 1 is 1.12 bits per heavy atom. The van der Waals surface area contributed by atoms with E-state index in [0.29, 0.717) is 5.56 Å². The summed E-state index contributed by atoms with van der Waals surface area (Å²) in [6.07, 6.45) is -11.1. The van der Waals surface area contributed by atoms with Gasteiger partial charge in [0.15, 0.2) is 0 Å². The van der Waals surface area contributed by atoms with Crippen molar-refractivity contribution < 1.29 is 45.2 Å². The molecule has 0 saturated carbocycles. The lowest BCUT2D eigenvalue weighted by molar-refractivity contribution is -0.384. The predicted molar refractivity (Wildman–Crippen MR) is 126 cm³/mol. The van der Waals surface area contributed by atoms with E-state index in [-0.39, 0.29) is 25.7 Å². The van der Waals surface area contributed by atoms with Crippen LogP contribution in [0, 0.1) is 10.1 Å². The number of pyridine rings is 1. The van der Waals surface area contributed by atoms with Gasteiger partial charge in [0.05, 0.1) is 23.7 Å². The number of nitrogens with one attached hydrogen (secondary N) is 1. The molecule has 1 aliphatic heterocycles. The maximum Gasteiger partial charge on any atom is 0.426 e. The molecule has 1 aliphatic rings. The molecule has 0 spiro atoms. The van der Waals surface area contributed by atoms with Gasteiger partial charge in [-0.25, -0.2) is 4.98 Å². The molecule has 216 valence electrons. The Kier molecular flexibility index (Phi) is 7.77. The van der Waals surface area contributed by atoms with Crippen molar-refractivity contribution >= 4 is 11.5 Å². The number of nitrogens with zero attached hydrogens (tertiary/aromatic N) is 4. The second-order valence-corrected chi connectivity index (χ2v) is 9.68. The number of nitro groups is 1. The van der Waals surface area contributed by atoms with Crippen molar-refractivity contribution in [1.29, 1.82) is 0 Å². The van der Waals surface area contributed by atoms with E-state index in [4.69, 9.17) is 13.9 Å². The van der Waals surface area contributed by atoms with E-state index >= 15 is 0 Å². The fourth-order valence-corrected chi connectivity index (χ4v) is 4.07. The second kappa shape index (κ2) is 10.6. The second-order valence-electron chi connectivity index (χ2n) is 9.68. The summed E-state index contributed by atoms with van der Waals surface area (Å²) in [6, 6.07) is 8.17. The van der Waals surface area contributed by atoms with Crippen LogP contribution in [0.5, 0.6) is 0 Å². The summed E-state index contributed by atoms with van der Waals surface area (Å²) in [6.45, 7) is 1.97. The summed E-state index contributed by atoms with van der Waals surface area (Å²) in [5.41, 5.74) is -7.52. The molecule has 16 heteroatoms. The SMILES string of the molecule is CC1(C)COCCCC(OCc2ccccc2)(C(F)(F)F)c2nnc(o2)-c2nc(c(C(F)(F)F)cc2[N+](=O)[O-])N1. The van der Waals surface area contributed by atoms with Crippen LogP contribution in [0.3, 0.4) is 0 Å². The van der Waals surface area contributed by atoms with Gasteiger partial charge in [0.2, 0.25) is 11.3 Å². The molecule has 40 heavy (non-hydrogen) atoms. The molecule has 1 aromatic carbocycles. The molecule has 4 rings (SSSR count). The van der Waals surface area contributed by atoms with E-state index in [0.717, 1.165) is 0 Å². The van der Waals surface area contributed by atoms with Crippen molar-refractivity contribution in [3.63, 3.8) is 0 Å². The van der Waals surface area contributed by atoms with Crippen molar-refractivity contribution in [3.05, 3.63) is 63.5 Å². The molecule has 0 fully saturated rings. The van der Waals surface area contributed by atoms with E-state index in [9.17, 15) is 36.5 Å². The Balaban J connectivity index is 1.91. The number of rotatable bonds is 4. The summed E-state index contributed by atoms with van der Waals surface area (Å²) < 4.78 is 102. The van der Waals surface area contributed by atoms with Crippen LogP contribution in [0.1, 0.15) is 43.7 Å². The largest absolute Gasteiger partial charge is 0.426 e. The number of anilines is 1. The van der Waals surface area contributed by atoms with Crippen LogP contribution in [0.25, 0.3) is 11.6 Å². The maximum absolute atomic E-state index is 14.7. The van der Waals surface area contributed by atoms with Gasteiger partial charge in [-0.1, -0.05) is 30.3 Å². The number of ether oxygens (including phenoxy) is 2. The van der Waals surface area contributed by atoms with Gasteiger partial charge in [-0.05, 0) is 32.3 Å². The number of aromatic nitrogens is 3. The van der Waals surface area contributed by atoms with Gasteiger partial charge in [-0.15, -0.1) is 10.2 Å². The van der Waals surface area contributed by atoms with Crippen LogP contribution in [0.4, 0.5) is 37.8 Å². The molecular weight excluding hydrogens is 552 g/mol. The average Bonchev–Trinajstić information content (AvgIpc) is 3.34. The Morgan fingerprint density at radius 2 is 1.82 bits per heavy atom. The first-order chi connectivity index (χ1) is 18.6. The van der Waals surface area contributed by atoms with E-state index in [1.807, 2.05) is 0 Å². The van der Waals surface area contributed by atoms with Crippen LogP contribution in [-0.4, -0.2) is 45.0 Å². The third-order valence-corrected chi connectivity index (χ3v) is 6.00. The summed E-state index contributed by atoms with van der Waals surface area (Å²) in [5.74, 6) is -2.81. The van der Waals surface area contributed by atoms with Gasteiger partial charge in [0.25, 0.3) is 11.8 Å². The van der Waals surface area contributed by atoms with Gasteiger partial charge in [0.1, 0.15) is 11.4 Å². The number of fused-ring (bicyclic) bond motifs is 5. The third kappa shape index (κ3) is 6.01. The number of benzene rings is 1. The fourth-order valence-electron chi connectivity index (χ4n) is 4.07. The lowest BCUT2D eigenvalue weighted by Gasteiger charge is -2.33. The lowest BCUT2D eigenvalue weighted by atomic mass is 9.96. The highest BCUT2D eigenvalue weighted by atomic mass is 19.4. The van der Waals surface area contributed by atoms with Crippen molar-refractivity contribution in [2.75, 3.05) is 18.5 Å². The van der Waals surface area contributed by atoms with Crippen LogP contribution in [0.15, 0.2) is 40.8 Å². The Morgan fingerprint density at radius 3 is 2.45 bits per heavy atom. The highest BCUT2D eigenvalue weighted by Gasteiger charge is 2.61. The van der Waals surface area contributed by atoms with E-state index in [2.05, 4.69) is 20.5 Å². The first kappa shape index (κ1) is 29.2. The van der Waals surface area contributed by atoms with Gasteiger partial charge >= 0.3 is 18.0 Å². The molecule has 4 bridgehead atoms. The molecule has 3 heterocycles. The summed E-state index contributed by atoms with van der Waals surface area (Å²) in [5, 5.41) is 21.3. The van der Waals surface area contributed by atoms with Crippen molar-refractivity contribution in [3.8, 4) is 11.6 Å². The molecule has 1 atom stereocenters. The normalized spacial score (nSPS) is 19.9. The number of hydrogen-bond donors (Lipinski definition) is 1. The topological polar surface area (TPSA) is 125 Å². The van der Waals surface area contributed by atoms with Crippen LogP contribution in [0.2, 0.25) is 0 Å². The van der Waals surface area contributed by atoms with E-state index < -0.39 is 76.0 Å². The molecule has 2 aromatic heterocycles. The van der Waals surface area contributed by atoms with Gasteiger partial charge in [0, 0.05) is 12.7 Å². The molecule has 0 amide bonds. The van der Waals surface area contributed by atoms with Gasteiger partial charge in [-0.3, -0.25) is 10.1 Å². The molecular formula is C24H23F6N5O5. The number of alkyl halides is 6. The summed E-state index contributed by atoms with van der Waals surface area (Å²) in [4.78, 5) is 14.3. The van der Waals surface area contributed by atoms with E-state index in [1.165, 1.54) is 13.8 Å². The molecule has 0 saturated heterocycles. The monoisotopic (exact) mass is 575 g/mol. The highest BCUT2D eigenvalue weighted by molar-refractivity contribution is 5.68. The minimum atomic E-state index is -5.12. The minimum absolute atomic E-state index is 0.209. The highest BCUT2D eigenvalue weighted by Crippen LogP contribution is 2.47. The summed E-state index contributed by atoms with van der Waals surface area (Å²) >= 11 is 0. The van der Waals surface area contributed by atoms with E-state index in [1.54, 1.807) is 30.3 Å². The van der Waals surface area contributed by atoms with Crippen LogP contribution >= 0.6 is 0 Å². The minimum Gasteiger partial charge on any atom is -0.415 e. The van der Waals surface area contributed by atoms with Crippen LogP contribution < -0.4 is 5.32 Å². The zero-order valence-electron chi connectivity index (χ0n) is 21.1. The third-order valence-electron chi connectivity index (χ3n) is 6.00. The quantitative estimate of drug-likeness (QED) is 0.225.